The zero-order valence-corrected chi connectivity index (χ0v) is 15.5. The van der Waals surface area contributed by atoms with Crippen LogP contribution in [-0.4, -0.2) is 26.7 Å². The number of hydrogen-bond donors (Lipinski definition) is 3. The van der Waals surface area contributed by atoms with Gasteiger partial charge in [-0.1, -0.05) is 29.8 Å². The molecule has 3 rings (SSSR count). The molecular weight excluding hydrogens is 354 g/mol. The van der Waals surface area contributed by atoms with Crippen LogP contribution < -0.4 is 25.6 Å². The monoisotopic (exact) mass is 375 g/mol. The van der Waals surface area contributed by atoms with Crippen molar-refractivity contribution in [2.24, 2.45) is 5.92 Å². The summed E-state index contributed by atoms with van der Waals surface area (Å²) in [5.74, 6) is 1.02. The fraction of sp³-hybridized carbons (Fsp3) is 0.316. The highest BCUT2D eigenvalue weighted by molar-refractivity contribution is 6.30. The van der Waals surface area contributed by atoms with Crippen molar-refractivity contribution in [3.05, 3.63) is 58.6 Å². The molecule has 0 bridgehead atoms. The quantitative estimate of drug-likeness (QED) is 0.723. The third-order valence-corrected chi connectivity index (χ3v) is 4.68. The Morgan fingerprint density at radius 3 is 2.73 bits per heavy atom. The van der Waals surface area contributed by atoms with E-state index in [0.717, 1.165) is 11.1 Å². The number of hydrazine groups is 1. The summed E-state index contributed by atoms with van der Waals surface area (Å²) in [6.45, 7) is 0.981. The van der Waals surface area contributed by atoms with E-state index in [1.807, 2.05) is 42.5 Å². The minimum atomic E-state index is -0.243. The first kappa shape index (κ1) is 18.5. The molecule has 1 aliphatic rings. The maximum Gasteiger partial charge on any atom is 0.226 e. The molecule has 0 aliphatic carbocycles. The molecule has 138 valence electrons. The summed E-state index contributed by atoms with van der Waals surface area (Å²) in [6.07, 6.45) is 0. The van der Waals surface area contributed by atoms with E-state index < -0.39 is 0 Å². The molecule has 1 amide bonds. The standard InChI is InChI=1S/C19H22ClN3O3/c1-25-16-7-6-13(9-17(16)26-2)18-15(11-22-23-18)19(24)21-10-12-4-3-5-14(20)8-12/h3-9,15,18,22-23H,10-11H2,1-2H3,(H,21,24). The highest BCUT2D eigenvalue weighted by atomic mass is 35.5. The zero-order valence-electron chi connectivity index (χ0n) is 14.7. The van der Waals surface area contributed by atoms with E-state index in [0.29, 0.717) is 29.6 Å². The Labute approximate surface area is 157 Å². The molecule has 7 heteroatoms. The molecule has 1 fully saturated rings. The summed E-state index contributed by atoms with van der Waals surface area (Å²) < 4.78 is 10.6. The smallest absolute Gasteiger partial charge is 0.226 e. The number of amides is 1. The Bertz CT molecular complexity index is 784. The number of carbonyl (C=O) groups excluding carboxylic acids is 1. The van der Waals surface area contributed by atoms with Crippen LogP contribution in [-0.2, 0) is 11.3 Å². The van der Waals surface area contributed by atoms with Gasteiger partial charge in [0.25, 0.3) is 0 Å². The van der Waals surface area contributed by atoms with Gasteiger partial charge < -0.3 is 14.8 Å². The lowest BCUT2D eigenvalue weighted by molar-refractivity contribution is -0.125. The average molecular weight is 376 g/mol. The normalized spacial score (nSPS) is 19.2. The van der Waals surface area contributed by atoms with E-state index in [9.17, 15) is 4.79 Å². The molecule has 1 aliphatic heterocycles. The van der Waals surface area contributed by atoms with Crippen LogP contribution in [0.15, 0.2) is 42.5 Å². The summed E-state index contributed by atoms with van der Waals surface area (Å²) in [4.78, 5) is 12.7. The van der Waals surface area contributed by atoms with Crippen molar-refractivity contribution in [3.8, 4) is 11.5 Å². The Morgan fingerprint density at radius 1 is 1.19 bits per heavy atom. The maximum atomic E-state index is 12.7. The summed E-state index contributed by atoms with van der Waals surface area (Å²) >= 11 is 5.99. The molecule has 2 atom stereocenters. The number of hydrogen-bond acceptors (Lipinski definition) is 5. The largest absolute Gasteiger partial charge is 0.493 e. The van der Waals surface area contributed by atoms with E-state index in [-0.39, 0.29) is 17.9 Å². The van der Waals surface area contributed by atoms with Crippen molar-refractivity contribution in [1.82, 2.24) is 16.2 Å². The summed E-state index contributed by atoms with van der Waals surface area (Å²) in [6, 6.07) is 13.0. The molecule has 26 heavy (non-hydrogen) atoms. The third-order valence-electron chi connectivity index (χ3n) is 4.44. The van der Waals surface area contributed by atoms with Crippen molar-refractivity contribution in [2.45, 2.75) is 12.6 Å². The van der Waals surface area contributed by atoms with Crippen LogP contribution in [0.25, 0.3) is 0 Å². The van der Waals surface area contributed by atoms with Crippen molar-refractivity contribution in [1.29, 1.82) is 0 Å². The van der Waals surface area contributed by atoms with Gasteiger partial charge in [-0.25, -0.2) is 5.43 Å². The van der Waals surface area contributed by atoms with E-state index in [4.69, 9.17) is 21.1 Å². The summed E-state index contributed by atoms with van der Waals surface area (Å²) in [5.41, 5.74) is 8.16. The first-order valence-corrected chi connectivity index (χ1v) is 8.72. The lowest BCUT2D eigenvalue weighted by atomic mass is 9.93. The van der Waals surface area contributed by atoms with Gasteiger partial charge in [-0.3, -0.25) is 10.2 Å². The molecule has 2 unspecified atom stereocenters. The van der Waals surface area contributed by atoms with Gasteiger partial charge in [0.2, 0.25) is 5.91 Å². The van der Waals surface area contributed by atoms with E-state index >= 15 is 0 Å². The Hall–Kier alpha value is -2.28. The zero-order chi connectivity index (χ0) is 18.5. The molecule has 2 aromatic rings. The van der Waals surface area contributed by atoms with Crippen molar-refractivity contribution >= 4 is 17.5 Å². The Morgan fingerprint density at radius 2 is 2.00 bits per heavy atom. The molecule has 2 aromatic carbocycles. The van der Waals surface area contributed by atoms with Crippen LogP contribution in [0.5, 0.6) is 11.5 Å². The van der Waals surface area contributed by atoms with Crippen LogP contribution in [0.1, 0.15) is 17.2 Å². The molecule has 1 heterocycles. The first-order valence-electron chi connectivity index (χ1n) is 8.35. The van der Waals surface area contributed by atoms with Crippen LogP contribution in [0.4, 0.5) is 0 Å². The van der Waals surface area contributed by atoms with Crippen molar-refractivity contribution < 1.29 is 14.3 Å². The summed E-state index contributed by atoms with van der Waals surface area (Å²) in [5, 5.41) is 3.64. The number of nitrogens with one attached hydrogen (secondary N) is 3. The van der Waals surface area contributed by atoms with E-state index in [1.165, 1.54) is 0 Å². The second-order valence-electron chi connectivity index (χ2n) is 6.07. The predicted molar refractivity (Wildman–Crippen MR) is 100 cm³/mol. The fourth-order valence-corrected chi connectivity index (χ4v) is 3.28. The molecule has 0 spiro atoms. The lowest BCUT2D eigenvalue weighted by Gasteiger charge is -2.20. The average Bonchev–Trinajstić information content (AvgIpc) is 3.15. The maximum absolute atomic E-state index is 12.7. The van der Waals surface area contributed by atoms with Gasteiger partial charge in [0.1, 0.15) is 0 Å². The molecule has 3 N–H and O–H groups in total. The Balaban J connectivity index is 1.70. The highest BCUT2D eigenvalue weighted by Gasteiger charge is 2.34. The van der Waals surface area contributed by atoms with Crippen LogP contribution in [0.3, 0.4) is 0 Å². The van der Waals surface area contributed by atoms with Crippen LogP contribution in [0.2, 0.25) is 5.02 Å². The van der Waals surface area contributed by atoms with Gasteiger partial charge >= 0.3 is 0 Å². The molecule has 0 radical (unpaired) electrons. The summed E-state index contributed by atoms with van der Waals surface area (Å²) in [7, 11) is 3.19. The van der Waals surface area contributed by atoms with Gasteiger partial charge in [-0.05, 0) is 35.4 Å². The molecule has 1 saturated heterocycles. The lowest BCUT2D eigenvalue weighted by Crippen LogP contribution is -2.34. The first-order chi connectivity index (χ1) is 12.6. The molecule has 0 aromatic heterocycles. The van der Waals surface area contributed by atoms with Crippen molar-refractivity contribution in [2.75, 3.05) is 20.8 Å². The third kappa shape index (κ3) is 4.09. The second kappa shape index (κ2) is 8.40. The van der Waals surface area contributed by atoms with Gasteiger partial charge in [-0.15, -0.1) is 0 Å². The molecule has 6 nitrogen and oxygen atoms in total. The number of ether oxygens (including phenoxy) is 2. The number of halogens is 1. The number of carbonyl (C=O) groups is 1. The number of methoxy groups -OCH3 is 2. The fourth-order valence-electron chi connectivity index (χ4n) is 3.07. The number of benzene rings is 2. The van der Waals surface area contributed by atoms with Gasteiger partial charge in [0.15, 0.2) is 11.5 Å². The van der Waals surface area contributed by atoms with Crippen molar-refractivity contribution in [3.63, 3.8) is 0 Å². The molecule has 0 saturated carbocycles. The van der Waals surface area contributed by atoms with Crippen LogP contribution in [0, 0.1) is 5.92 Å². The highest BCUT2D eigenvalue weighted by Crippen LogP contribution is 2.33. The molecular formula is C19H22ClN3O3. The van der Waals surface area contributed by atoms with Gasteiger partial charge in [0, 0.05) is 18.1 Å². The van der Waals surface area contributed by atoms with Crippen LogP contribution >= 0.6 is 11.6 Å². The van der Waals surface area contributed by atoms with E-state index in [2.05, 4.69) is 16.2 Å². The second-order valence-corrected chi connectivity index (χ2v) is 6.51. The van der Waals surface area contributed by atoms with E-state index in [1.54, 1.807) is 14.2 Å². The minimum Gasteiger partial charge on any atom is -0.493 e. The number of rotatable bonds is 6. The predicted octanol–water partition coefficient (Wildman–Crippen LogP) is 2.44. The minimum absolute atomic E-state index is 0.0257. The van der Waals surface area contributed by atoms with Gasteiger partial charge in [0.05, 0.1) is 26.2 Å². The topological polar surface area (TPSA) is 71.6 Å². The Kier molecular flexibility index (Phi) is 5.98. The SMILES string of the molecule is COc1ccc(C2NNCC2C(=O)NCc2cccc(Cl)c2)cc1OC. The van der Waals surface area contributed by atoms with Gasteiger partial charge in [-0.2, -0.15) is 0 Å².